The number of aromatic nitrogens is 3. The molecule has 0 bridgehead atoms. The van der Waals surface area contributed by atoms with Gasteiger partial charge in [0.25, 0.3) is 5.91 Å². The second-order valence-electron chi connectivity index (χ2n) is 6.97. The molecule has 1 amide bonds. The highest BCUT2D eigenvalue weighted by molar-refractivity contribution is 8.01. The Balaban J connectivity index is 1.28. The highest BCUT2D eigenvalue weighted by Crippen LogP contribution is 2.46. The fourth-order valence-electron chi connectivity index (χ4n) is 3.52. The minimum absolute atomic E-state index is 0.0765. The number of hydrogen-bond donors (Lipinski definition) is 0. The molecule has 1 spiro atoms. The normalized spacial score (nSPS) is 21.5. The van der Waals surface area contributed by atoms with Crippen LogP contribution in [0.2, 0.25) is 0 Å². The first-order valence-electron chi connectivity index (χ1n) is 8.49. The fraction of sp³-hybridized carbons (Fsp3) is 0.500. The molecule has 4 rings (SSSR count). The number of aryl methyl sites for hydroxylation is 2. The van der Waals surface area contributed by atoms with Gasteiger partial charge in [-0.3, -0.25) is 14.5 Å². The lowest BCUT2D eigenvalue weighted by molar-refractivity contribution is 0.0245. The number of amides is 1. The van der Waals surface area contributed by atoms with Crippen LogP contribution >= 0.6 is 11.8 Å². The van der Waals surface area contributed by atoms with E-state index in [1.165, 1.54) is 0 Å². The van der Waals surface area contributed by atoms with Crippen LogP contribution in [0.25, 0.3) is 0 Å². The molecule has 0 aliphatic carbocycles. The summed E-state index contributed by atoms with van der Waals surface area (Å²) < 4.78 is 7.89. The van der Waals surface area contributed by atoms with Gasteiger partial charge >= 0.3 is 0 Å². The maximum atomic E-state index is 12.4. The highest BCUT2D eigenvalue weighted by atomic mass is 32.2. The summed E-state index contributed by atoms with van der Waals surface area (Å²) in [4.78, 5) is 18.8. The van der Waals surface area contributed by atoms with E-state index < -0.39 is 0 Å². The summed E-state index contributed by atoms with van der Waals surface area (Å²) in [7, 11) is 1.83. The average molecular weight is 358 g/mol. The van der Waals surface area contributed by atoms with Crippen molar-refractivity contribution in [1.29, 1.82) is 0 Å². The van der Waals surface area contributed by atoms with E-state index >= 15 is 0 Å². The van der Waals surface area contributed by atoms with Crippen LogP contribution in [0.4, 0.5) is 0 Å². The molecule has 2 fully saturated rings. The van der Waals surface area contributed by atoms with Crippen molar-refractivity contribution in [2.24, 2.45) is 7.05 Å². The van der Waals surface area contributed by atoms with Crippen LogP contribution in [-0.2, 0) is 18.4 Å². The van der Waals surface area contributed by atoms with E-state index in [-0.39, 0.29) is 16.8 Å². The molecule has 0 aromatic carbocycles. The zero-order valence-corrected chi connectivity index (χ0v) is 15.3. The molecular weight excluding hydrogens is 336 g/mol. The van der Waals surface area contributed by atoms with E-state index in [0.717, 1.165) is 36.7 Å². The first-order valence-corrected chi connectivity index (χ1v) is 9.48. The number of pyridine rings is 1. The first-order chi connectivity index (χ1) is 12.0. The standard InChI is InChI=1S/C18H22N4O2S/c1-13-4-3-5-15(20-13)9-24-16-6-18(25-10-16)11-22(12-18)17(23)14-7-19-21(2)8-14/h3-5,7-8,16H,6,9-12H2,1-2H3/t16-/m0/s1. The van der Waals surface area contributed by atoms with Gasteiger partial charge in [-0.15, -0.1) is 11.8 Å². The fourth-order valence-corrected chi connectivity index (χ4v) is 5.07. The third kappa shape index (κ3) is 3.43. The number of carbonyl (C=O) groups is 1. The third-order valence-corrected chi connectivity index (χ3v) is 6.36. The lowest BCUT2D eigenvalue weighted by Gasteiger charge is -2.47. The molecule has 2 aromatic rings. The lowest BCUT2D eigenvalue weighted by Crippen LogP contribution is -2.60. The molecule has 2 aromatic heterocycles. The molecule has 0 saturated carbocycles. The number of hydrogen-bond acceptors (Lipinski definition) is 5. The Hall–Kier alpha value is -1.86. The maximum Gasteiger partial charge on any atom is 0.257 e. The van der Waals surface area contributed by atoms with Crippen LogP contribution in [-0.4, -0.2) is 55.3 Å². The number of likely N-dealkylation sites (tertiary alicyclic amines) is 1. The third-order valence-electron chi connectivity index (χ3n) is 4.79. The van der Waals surface area contributed by atoms with Crippen molar-refractivity contribution >= 4 is 17.7 Å². The van der Waals surface area contributed by atoms with Crippen LogP contribution in [0.1, 0.15) is 28.2 Å². The van der Waals surface area contributed by atoms with E-state index in [1.807, 2.05) is 48.8 Å². The largest absolute Gasteiger partial charge is 0.371 e. The number of rotatable bonds is 4. The summed E-state index contributed by atoms with van der Waals surface area (Å²) in [6.07, 6.45) is 4.65. The van der Waals surface area contributed by atoms with E-state index in [4.69, 9.17) is 4.74 Å². The molecule has 132 valence electrons. The molecule has 6 nitrogen and oxygen atoms in total. The molecule has 2 saturated heterocycles. The SMILES string of the molecule is Cc1cccc(CO[C@@H]2CSC3(C2)CN(C(=O)c2cnn(C)c2)C3)n1. The Bertz CT molecular complexity index is 785. The predicted octanol–water partition coefficient (Wildman–Crippen LogP) is 2.04. The Morgan fingerprint density at radius 1 is 1.44 bits per heavy atom. The van der Waals surface area contributed by atoms with Crippen molar-refractivity contribution in [1.82, 2.24) is 19.7 Å². The summed E-state index contributed by atoms with van der Waals surface area (Å²) in [6, 6.07) is 6.01. The van der Waals surface area contributed by atoms with Crippen molar-refractivity contribution < 1.29 is 9.53 Å². The van der Waals surface area contributed by atoms with Crippen LogP contribution in [0, 0.1) is 6.92 Å². The molecule has 4 heterocycles. The highest BCUT2D eigenvalue weighted by Gasteiger charge is 2.51. The monoisotopic (exact) mass is 358 g/mol. The molecule has 1 atom stereocenters. The van der Waals surface area contributed by atoms with Crippen LogP contribution < -0.4 is 0 Å². The summed E-state index contributed by atoms with van der Waals surface area (Å²) in [5.41, 5.74) is 2.66. The van der Waals surface area contributed by atoms with Crippen LogP contribution in [0.5, 0.6) is 0 Å². The predicted molar refractivity (Wildman–Crippen MR) is 96.5 cm³/mol. The van der Waals surface area contributed by atoms with E-state index in [1.54, 1.807) is 17.1 Å². The van der Waals surface area contributed by atoms with Gasteiger partial charge < -0.3 is 9.64 Å². The minimum Gasteiger partial charge on any atom is -0.371 e. The van der Waals surface area contributed by atoms with Crippen molar-refractivity contribution in [2.75, 3.05) is 18.8 Å². The Morgan fingerprint density at radius 3 is 3.00 bits per heavy atom. The van der Waals surface area contributed by atoms with E-state index in [9.17, 15) is 4.79 Å². The second-order valence-corrected chi connectivity index (χ2v) is 8.45. The topological polar surface area (TPSA) is 60.2 Å². The minimum atomic E-state index is 0.0765. The van der Waals surface area contributed by atoms with Gasteiger partial charge in [-0.1, -0.05) is 6.07 Å². The Labute approximate surface area is 151 Å². The van der Waals surface area contributed by atoms with Crippen molar-refractivity contribution in [3.63, 3.8) is 0 Å². The smallest absolute Gasteiger partial charge is 0.257 e. The molecule has 0 N–H and O–H groups in total. The number of nitrogens with zero attached hydrogens (tertiary/aromatic N) is 4. The van der Waals surface area contributed by atoms with Gasteiger partial charge in [0, 0.05) is 37.8 Å². The Morgan fingerprint density at radius 2 is 2.28 bits per heavy atom. The summed E-state index contributed by atoms with van der Waals surface area (Å²) >= 11 is 1.94. The van der Waals surface area contributed by atoms with Gasteiger partial charge in [0.1, 0.15) is 0 Å². The molecule has 25 heavy (non-hydrogen) atoms. The van der Waals surface area contributed by atoms with Gasteiger partial charge in [0.15, 0.2) is 0 Å². The lowest BCUT2D eigenvalue weighted by atomic mass is 9.92. The molecule has 7 heteroatoms. The van der Waals surface area contributed by atoms with Crippen LogP contribution in [0.3, 0.4) is 0 Å². The van der Waals surface area contributed by atoms with Crippen LogP contribution in [0.15, 0.2) is 30.6 Å². The van der Waals surface area contributed by atoms with Crippen molar-refractivity contribution in [3.05, 3.63) is 47.5 Å². The summed E-state index contributed by atoms with van der Waals surface area (Å²) in [5, 5.41) is 4.08. The second kappa shape index (κ2) is 6.46. The van der Waals surface area contributed by atoms with Gasteiger partial charge in [-0.25, -0.2) is 0 Å². The summed E-state index contributed by atoms with van der Waals surface area (Å²) in [6.45, 7) is 4.15. The number of thioether (sulfide) groups is 1. The molecular formula is C18H22N4O2S. The van der Waals surface area contributed by atoms with Gasteiger partial charge in [-0.05, 0) is 25.5 Å². The summed E-state index contributed by atoms with van der Waals surface area (Å²) in [5.74, 6) is 1.06. The molecule has 0 radical (unpaired) electrons. The van der Waals surface area contributed by atoms with Crippen molar-refractivity contribution in [3.8, 4) is 0 Å². The van der Waals surface area contributed by atoms with Gasteiger partial charge in [-0.2, -0.15) is 5.10 Å². The number of carbonyl (C=O) groups excluding carboxylic acids is 1. The average Bonchev–Trinajstić information content (AvgIpc) is 3.18. The number of ether oxygens (including phenoxy) is 1. The maximum absolute atomic E-state index is 12.4. The zero-order chi connectivity index (χ0) is 17.4. The van der Waals surface area contributed by atoms with Crippen molar-refractivity contribution in [2.45, 2.75) is 30.8 Å². The quantitative estimate of drug-likeness (QED) is 0.837. The zero-order valence-electron chi connectivity index (χ0n) is 14.5. The Kier molecular flexibility index (Phi) is 4.29. The first kappa shape index (κ1) is 16.6. The van der Waals surface area contributed by atoms with Gasteiger partial charge in [0.2, 0.25) is 0 Å². The van der Waals surface area contributed by atoms with E-state index in [2.05, 4.69) is 10.1 Å². The van der Waals surface area contributed by atoms with Gasteiger partial charge in [0.05, 0.1) is 34.9 Å². The molecule has 2 aliphatic rings. The van der Waals surface area contributed by atoms with E-state index in [0.29, 0.717) is 12.2 Å². The molecule has 0 unspecified atom stereocenters. The molecule has 2 aliphatic heterocycles.